The minimum Gasteiger partial charge on any atom is -0.495 e. The number of ether oxygens (including phenoxy) is 2. The zero-order valence-corrected chi connectivity index (χ0v) is 15.7. The van der Waals surface area contributed by atoms with Crippen molar-refractivity contribution in [2.45, 2.75) is 13.0 Å². The average Bonchev–Trinajstić information content (AvgIpc) is 2.52. The fourth-order valence-electron chi connectivity index (χ4n) is 1.85. The van der Waals surface area contributed by atoms with E-state index in [1.165, 1.54) is 19.2 Å². The summed E-state index contributed by atoms with van der Waals surface area (Å²) in [6.45, 7) is 1.57. The Kier molecular flexibility index (Phi) is 6.47. The van der Waals surface area contributed by atoms with Gasteiger partial charge >= 0.3 is 0 Å². The van der Waals surface area contributed by atoms with Crippen LogP contribution in [0.25, 0.3) is 0 Å². The quantitative estimate of drug-likeness (QED) is 0.644. The lowest BCUT2D eigenvalue weighted by Crippen LogP contribution is -2.30. The largest absolute Gasteiger partial charge is 0.495 e. The third kappa shape index (κ3) is 4.61. The number of hydrogen-bond acceptors (Lipinski definition) is 3. The van der Waals surface area contributed by atoms with Gasteiger partial charge in [0.25, 0.3) is 5.91 Å². The Bertz CT molecular complexity index is 767. The van der Waals surface area contributed by atoms with Gasteiger partial charge in [-0.2, -0.15) is 0 Å². The van der Waals surface area contributed by atoms with E-state index in [2.05, 4.69) is 5.32 Å². The molecule has 0 aromatic heterocycles. The van der Waals surface area contributed by atoms with Gasteiger partial charge in [0.15, 0.2) is 6.10 Å². The van der Waals surface area contributed by atoms with Crippen LogP contribution in [0.4, 0.5) is 5.69 Å². The molecule has 1 atom stereocenters. The van der Waals surface area contributed by atoms with Crippen molar-refractivity contribution in [3.05, 3.63) is 50.4 Å². The molecule has 128 valence electrons. The highest BCUT2D eigenvalue weighted by molar-refractivity contribution is 6.43. The molecule has 0 aliphatic heterocycles. The number of carbonyl (C=O) groups is 1. The summed E-state index contributed by atoms with van der Waals surface area (Å²) >= 11 is 23.8. The molecule has 24 heavy (non-hydrogen) atoms. The van der Waals surface area contributed by atoms with Crippen LogP contribution in [-0.2, 0) is 4.79 Å². The Labute approximate surface area is 159 Å². The van der Waals surface area contributed by atoms with E-state index in [9.17, 15) is 4.79 Å². The molecule has 0 saturated carbocycles. The molecule has 0 unspecified atom stereocenters. The van der Waals surface area contributed by atoms with Crippen molar-refractivity contribution in [3.63, 3.8) is 0 Å². The number of anilines is 1. The Morgan fingerprint density at radius 2 is 1.67 bits per heavy atom. The summed E-state index contributed by atoms with van der Waals surface area (Å²) in [6.07, 6.45) is -0.844. The van der Waals surface area contributed by atoms with Crippen molar-refractivity contribution in [1.29, 1.82) is 0 Å². The maximum Gasteiger partial charge on any atom is 0.265 e. The van der Waals surface area contributed by atoms with Crippen molar-refractivity contribution < 1.29 is 14.3 Å². The number of rotatable bonds is 5. The predicted molar refractivity (Wildman–Crippen MR) is 98.2 cm³/mol. The number of benzene rings is 2. The van der Waals surface area contributed by atoms with Crippen LogP contribution in [0.5, 0.6) is 11.5 Å². The van der Waals surface area contributed by atoms with Crippen LogP contribution >= 0.6 is 46.4 Å². The Morgan fingerprint density at radius 1 is 1.00 bits per heavy atom. The Morgan fingerprint density at radius 3 is 2.33 bits per heavy atom. The third-order valence-corrected chi connectivity index (χ3v) is 4.32. The van der Waals surface area contributed by atoms with Crippen LogP contribution in [0.15, 0.2) is 30.3 Å². The second-order valence-electron chi connectivity index (χ2n) is 4.79. The number of halogens is 4. The molecule has 2 rings (SSSR count). The Hall–Kier alpha value is -1.33. The first-order valence-electron chi connectivity index (χ1n) is 6.77. The lowest BCUT2D eigenvalue weighted by atomic mass is 10.2. The molecule has 4 nitrogen and oxygen atoms in total. The van der Waals surface area contributed by atoms with Crippen molar-refractivity contribution in [2.24, 2.45) is 0 Å². The van der Waals surface area contributed by atoms with Gasteiger partial charge in [-0.05, 0) is 31.2 Å². The van der Waals surface area contributed by atoms with Crippen molar-refractivity contribution in [1.82, 2.24) is 0 Å². The summed E-state index contributed by atoms with van der Waals surface area (Å²) in [6, 6.07) is 7.79. The van der Waals surface area contributed by atoms with Gasteiger partial charge in [-0.1, -0.05) is 46.4 Å². The maximum absolute atomic E-state index is 12.3. The van der Waals surface area contributed by atoms with E-state index in [0.717, 1.165) is 0 Å². The maximum atomic E-state index is 12.3. The highest BCUT2D eigenvalue weighted by atomic mass is 35.5. The zero-order valence-electron chi connectivity index (χ0n) is 12.7. The van der Waals surface area contributed by atoms with Gasteiger partial charge in [-0.25, -0.2) is 0 Å². The summed E-state index contributed by atoms with van der Waals surface area (Å²) in [5.74, 6) is 0.331. The fraction of sp³-hybridized carbons (Fsp3) is 0.188. The summed E-state index contributed by atoms with van der Waals surface area (Å²) in [7, 11) is 1.49. The molecule has 0 spiro atoms. The number of hydrogen-bond donors (Lipinski definition) is 1. The summed E-state index contributed by atoms with van der Waals surface area (Å²) in [5.41, 5.74) is 0.436. The molecule has 0 saturated heterocycles. The van der Waals surface area contributed by atoms with E-state index in [1.54, 1.807) is 25.1 Å². The molecular formula is C16H13Cl4NO3. The summed E-state index contributed by atoms with van der Waals surface area (Å²) in [5, 5.41) is 3.99. The molecule has 0 bridgehead atoms. The van der Waals surface area contributed by atoms with E-state index in [-0.39, 0.29) is 15.8 Å². The second-order valence-corrected chi connectivity index (χ2v) is 6.45. The first-order chi connectivity index (χ1) is 11.3. The van der Waals surface area contributed by atoms with Gasteiger partial charge in [0.05, 0.1) is 27.9 Å². The number of nitrogens with one attached hydrogen (secondary N) is 1. The minimum atomic E-state index is -0.844. The number of carbonyl (C=O) groups excluding carboxylic acids is 1. The Balaban J connectivity index is 2.13. The molecule has 0 aliphatic rings. The van der Waals surface area contributed by atoms with Gasteiger partial charge in [-0.3, -0.25) is 4.79 Å². The molecule has 0 fully saturated rings. The SMILES string of the molecule is COc1ccc(Cl)cc1NC(=O)[C@H](C)Oc1cc(Cl)c(Cl)cc1Cl. The average molecular weight is 409 g/mol. The number of methoxy groups -OCH3 is 1. The minimum absolute atomic E-state index is 0.254. The molecule has 8 heteroatoms. The highest BCUT2D eigenvalue weighted by Gasteiger charge is 2.19. The fourth-order valence-corrected chi connectivity index (χ4v) is 2.60. The van der Waals surface area contributed by atoms with Gasteiger partial charge in [0, 0.05) is 11.1 Å². The standard InChI is InChI=1S/C16H13Cl4NO3/c1-8(24-15-7-11(19)10(18)6-12(15)20)16(22)21-13-5-9(17)3-4-14(13)23-2/h3-8H,1-2H3,(H,21,22)/t8-/m0/s1. The van der Waals surface area contributed by atoms with Crippen LogP contribution < -0.4 is 14.8 Å². The topological polar surface area (TPSA) is 47.6 Å². The van der Waals surface area contributed by atoms with Gasteiger partial charge in [0.1, 0.15) is 11.5 Å². The highest BCUT2D eigenvalue weighted by Crippen LogP contribution is 2.34. The number of amides is 1. The van der Waals surface area contributed by atoms with Crippen molar-refractivity contribution in [3.8, 4) is 11.5 Å². The molecule has 2 aromatic rings. The normalized spacial score (nSPS) is 11.8. The first-order valence-corrected chi connectivity index (χ1v) is 8.28. The molecule has 1 amide bonds. The summed E-state index contributed by atoms with van der Waals surface area (Å²) in [4.78, 5) is 12.3. The van der Waals surface area contributed by atoms with E-state index in [1.807, 2.05) is 0 Å². The second kappa shape index (κ2) is 8.17. The van der Waals surface area contributed by atoms with E-state index < -0.39 is 12.0 Å². The van der Waals surface area contributed by atoms with Crippen LogP contribution in [0.3, 0.4) is 0 Å². The third-order valence-electron chi connectivity index (χ3n) is 3.07. The molecule has 0 aliphatic carbocycles. The van der Waals surface area contributed by atoms with E-state index in [4.69, 9.17) is 55.9 Å². The zero-order chi connectivity index (χ0) is 17.9. The molecule has 2 aromatic carbocycles. The van der Waals surface area contributed by atoms with E-state index >= 15 is 0 Å². The van der Waals surface area contributed by atoms with Gasteiger partial charge in [0.2, 0.25) is 0 Å². The van der Waals surface area contributed by atoms with Gasteiger partial charge < -0.3 is 14.8 Å². The summed E-state index contributed by atoms with van der Waals surface area (Å²) < 4.78 is 10.7. The lowest BCUT2D eigenvalue weighted by Gasteiger charge is -2.17. The smallest absolute Gasteiger partial charge is 0.265 e. The van der Waals surface area contributed by atoms with Crippen molar-refractivity contribution in [2.75, 3.05) is 12.4 Å². The van der Waals surface area contributed by atoms with Crippen LogP contribution in [0.1, 0.15) is 6.92 Å². The molecule has 0 heterocycles. The van der Waals surface area contributed by atoms with Crippen molar-refractivity contribution >= 4 is 58.0 Å². The molecular weight excluding hydrogens is 396 g/mol. The van der Waals surface area contributed by atoms with Crippen LogP contribution in [0, 0.1) is 0 Å². The molecule has 1 N–H and O–H groups in total. The van der Waals surface area contributed by atoms with Crippen LogP contribution in [-0.4, -0.2) is 19.1 Å². The predicted octanol–water partition coefficient (Wildman–Crippen LogP) is 5.71. The lowest BCUT2D eigenvalue weighted by molar-refractivity contribution is -0.122. The first kappa shape index (κ1) is 19.0. The van der Waals surface area contributed by atoms with E-state index in [0.29, 0.717) is 21.5 Å². The monoisotopic (exact) mass is 407 g/mol. The molecule has 0 radical (unpaired) electrons. The van der Waals surface area contributed by atoms with Crippen LogP contribution in [0.2, 0.25) is 20.1 Å². The van der Waals surface area contributed by atoms with Gasteiger partial charge in [-0.15, -0.1) is 0 Å².